The Bertz CT molecular complexity index is 501. The number of rotatable bonds is 4. The molecule has 0 aliphatic carbocycles. The monoisotopic (exact) mass is 258 g/mol. The smallest absolute Gasteiger partial charge is 0.136 e. The second-order valence-corrected chi connectivity index (χ2v) is 9.26. The molecule has 3 heteroatoms. The van der Waals surface area contributed by atoms with Gasteiger partial charge in [-0.3, -0.25) is 0 Å². The fourth-order valence-electron chi connectivity index (χ4n) is 1.85. The van der Waals surface area contributed by atoms with Crippen LogP contribution in [0, 0.1) is 0 Å². The molecule has 2 nitrogen and oxygen atoms in total. The highest BCUT2D eigenvalue weighted by Gasteiger charge is 2.20. The van der Waals surface area contributed by atoms with Gasteiger partial charge in [0.15, 0.2) is 0 Å². The molecule has 0 aliphatic rings. The van der Waals surface area contributed by atoms with E-state index in [1.807, 2.05) is 12.1 Å². The van der Waals surface area contributed by atoms with Gasteiger partial charge in [0.2, 0.25) is 0 Å². The quantitative estimate of drug-likeness (QED) is 0.855. The van der Waals surface area contributed by atoms with E-state index in [-0.39, 0.29) is 0 Å². The Labute approximate surface area is 109 Å². The Kier molecular flexibility index (Phi) is 3.84. The molecule has 1 aromatic carbocycles. The molecule has 1 heterocycles. The van der Waals surface area contributed by atoms with Gasteiger partial charge in [0, 0.05) is 0 Å². The lowest BCUT2D eigenvalue weighted by Crippen LogP contribution is -2.39. The molecule has 94 valence electrons. The van der Waals surface area contributed by atoms with Gasteiger partial charge in [0.1, 0.15) is 19.9 Å². The molecule has 0 amide bonds. The molecule has 0 saturated carbocycles. The van der Waals surface area contributed by atoms with Crippen LogP contribution in [0.25, 0.3) is 0 Å². The standard InChI is InChI=1S/C15H18O2Si/c1-18(2,13-7-4-3-5-8-13)12-10-14(16)15-9-6-11-17-15/h3-12,14,16H,1-2H3/b12-10+. The first kappa shape index (κ1) is 12.9. The molecule has 0 fully saturated rings. The molecule has 2 aromatic rings. The summed E-state index contributed by atoms with van der Waals surface area (Å²) in [6, 6.07) is 14.0. The lowest BCUT2D eigenvalue weighted by atomic mass is 10.3. The van der Waals surface area contributed by atoms with Crippen molar-refractivity contribution >= 4 is 13.3 Å². The highest BCUT2D eigenvalue weighted by Crippen LogP contribution is 2.16. The van der Waals surface area contributed by atoms with Gasteiger partial charge in [-0.2, -0.15) is 0 Å². The van der Waals surface area contributed by atoms with Crippen LogP contribution in [-0.2, 0) is 0 Å². The van der Waals surface area contributed by atoms with Gasteiger partial charge in [0.05, 0.1) is 6.26 Å². The number of aliphatic hydroxyl groups is 1. The molecule has 1 unspecified atom stereocenters. The average Bonchev–Trinajstić information content (AvgIpc) is 2.91. The van der Waals surface area contributed by atoms with Gasteiger partial charge >= 0.3 is 0 Å². The van der Waals surface area contributed by atoms with E-state index < -0.39 is 14.2 Å². The largest absolute Gasteiger partial charge is 0.466 e. The van der Waals surface area contributed by atoms with E-state index in [0.29, 0.717) is 5.76 Å². The Balaban J connectivity index is 2.13. The number of hydrogen-bond donors (Lipinski definition) is 1. The molecule has 0 saturated heterocycles. The van der Waals surface area contributed by atoms with Crippen LogP contribution in [0.3, 0.4) is 0 Å². The highest BCUT2D eigenvalue weighted by atomic mass is 28.3. The SMILES string of the molecule is C[Si](C)(/C=C/C(O)c1ccco1)c1ccccc1. The Hall–Kier alpha value is -1.58. The van der Waals surface area contributed by atoms with E-state index in [9.17, 15) is 5.11 Å². The maximum Gasteiger partial charge on any atom is 0.136 e. The summed E-state index contributed by atoms with van der Waals surface area (Å²) in [5.41, 5.74) is 2.15. The third-order valence-electron chi connectivity index (χ3n) is 3.05. The summed E-state index contributed by atoms with van der Waals surface area (Å²) in [6.07, 6.45) is 2.75. The van der Waals surface area contributed by atoms with Gasteiger partial charge in [-0.1, -0.05) is 60.4 Å². The van der Waals surface area contributed by atoms with Crippen LogP contribution in [-0.4, -0.2) is 13.2 Å². The summed E-state index contributed by atoms with van der Waals surface area (Å²) in [5, 5.41) is 11.3. The van der Waals surface area contributed by atoms with Gasteiger partial charge in [-0.25, -0.2) is 0 Å². The van der Waals surface area contributed by atoms with Crippen molar-refractivity contribution in [2.24, 2.45) is 0 Å². The van der Waals surface area contributed by atoms with Crippen LogP contribution in [0.4, 0.5) is 0 Å². The fourth-order valence-corrected chi connectivity index (χ4v) is 3.76. The van der Waals surface area contributed by atoms with E-state index in [2.05, 4.69) is 43.1 Å². The summed E-state index contributed by atoms with van der Waals surface area (Å²) in [4.78, 5) is 0. The maximum absolute atomic E-state index is 9.96. The normalized spacial score (nSPS) is 13.9. The first-order valence-corrected chi connectivity index (χ1v) is 9.14. The Morgan fingerprint density at radius 1 is 1.11 bits per heavy atom. The predicted octanol–water partition coefficient (Wildman–Crippen LogP) is 3.02. The van der Waals surface area contributed by atoms with E-state index in [1.54, 1.807) is 18.4 Å². The molecule has 1 atom stereocenters. The first-order valence-electron chi connectivity index (χ1n) is 6.06. The summed E-state index contributed by atoms with van der Waals surface area (Å²) in [5.74, 6) is 0.587. The van der Waals surface area contributed by atoms with Gasteiger partial charge in [0.25, 0.3) is 0 Å². The average molecular weight is 258 g/mol. The molecule has 1 aromatic heterocycles. The van der Waals surface area contributed by atoms with Crippen LogP contribution in [0.1, 0.15) is 11.9 Å². The molecule has 2 rings (SSSR count). The molecule has 0 radical (unpaired) electrons. The van der Waals surface area contributed by atoms with Crippen molar-refractivity contribution in [3.63, 3.8) is 0 Å². The van der Waals surface area contributed by atoms with Gasteiger partial charge in [-0.05, 0) is 12.1 Å². The van der Waals surface area contributed by atoms with Crippen molar-refractivity contribution in [2.75, 3.05) is 0 Å². The van der Waals surface area contributed by atoms with Crippen molar-refractivity contribution in [2.45, 2.75) is 19.2 Å². The van der Waals surface area contributed by atoms with Crippen molar-refractivity contribution < 1.29 is 9.52 Å². The second kappa shape index (κ2) is 5.37. The number of aliphatic hydroxyl groups excluding tert-OH is 1. The van der Waals surface area contributed by atoms with Crippen LogP contribution in [0.5, 0.6) is 0 Å². The van der Waals surface area contributed by atoms with Crippen LogP contribution < -0.4 is 5.19 Å². The van der Waals surface area contributed by atoms with Crippen molar-refractivity contribution in [1.82, 2.24) is 0 Å². The van der Waals surface area contributed by atoms with Crippen molar-refractivity contribution in [3.05, 3.63) is 66.3 Å². The molecular weight excluding hydrogens is 240 g/mol. The van der Waals surface area contributed by atoms with Gasteiger partial charge in [-0.15, -0.1) is 0 Å². The van der Waals surface area contributed by atoms with Gasteiger partial charge < -0.3 is 9.52 Å². The number of hydrogen-bond acceptors (Lipinski definition) is 2. The topological polar surface area (TPSA) is 33.4 Å². The van der Waals surface area contributed by atoms with E-state index >= 15 is 0 Å². The predicted molar refractivity (Wildman–Crippen MR) is 76.4 cm³/mol. The van der Waals surface area contributed by atoms with Crippen LogP contribution >= 0.6 is 0 Å². The first-order chi connectivity index (χ1) is 8.59. The maximum atomic E-state index is 9.96. The number of furan rings is 1. The second-order valence-electron chi connectivity index (χ2n) is 4.91. The minimum absolute atomic E-state index is 0.587. The molecule has 0 spiro atoms. The molecule has 0 bridgehead atoms. The molecular formula is C15H18O2Si. The Morgan fingerprint density at radius 2 is 1.83 bits per heavy atom. The third-order valence-corrected chi connectivity index (χ3v) is 5.89. The van der Waals surface area contributed by atoms with E-state index in [1.165, 1.54) is 5.19 Å². The zero-order valence-electron chi connectivity index (χ0n) is 10.7. The number of benzene rings is 1. The lowest BCUT2D eigenvalue weighted by Gasteiger charge is -2.18. The zero-order chi connectivity index (χ0) is 13.0. The summed E-state index contributed by atoms with van der Waals surface area (Å²) in [7, 11) is -1.64. The highest BCUT2D eigenvalue weighted by molar-refractivity contribution is 6.93. The molecule has 1 N–H and O–H groups in total. The minimum Gasteiger partial charge on any atom is -0.466 e. The van der Waals surface area contributed by atoms with Crippen molar-refractivity contribution in [3.8, 4) is 0 Å². The van der Waals surface area contributed by atoms with Crippen LogP contribution in [0.2, 0.25) is 13.1 Å². The van der Waals surface area contributed by atoms with Crippen LogP contribution in [0.15, 0.2) is 64.9 Å². The fraction of sp³-hybridized carbons (Fsp3) is 0.200. The zero-order valence-corrected chi connectivity index (χ0v) is 11.7. The van der Waals surface area contributed by atoms with E-state index in [4.69, 9.17) is 4.42 Å². The molecule has 18 heavy (non-hydrogen) atoms. The Morgan fingerprint density at radius 3 is 2.44 bits per heavy atom. The summed E-state index contributed by atoms with van der Waals surface area (Å²) in [6.45, 7) is 4.52. The summed E-state index contributed by atoms with van der Waals surface area (Å²) < 4.78 is 5.18. The summed E-state index contributed by atoms with van der Waals surface area (Å²) >= 11 is 0. The lowest BCUT2D eigenvalue weighted by molar-refractivity contribution is 0.197. The van der Waals surface area contributed by atoms with E-state index in [0.717, 1.165) is 0 Å². The third kappa shape index (κ3) is 3.00. The minimum atomic E-state index is -1.64. The molecule has 0 aliphatic heterocycles. The van der Waals surface area contributed by atoms with Crippen molar-refractivity contribution in [1.29, 1.82) is 0 Å².